The number of nitrogens with one attached hydrogen (secondary N) is 1. The maximum atomic E-state index is 12.4. The van der Waals surface area contributed by atoms with Gasteiger partial charge >= 0.3 is 6.09 Å². The van der Waals surface area contributed by atoms with Gasteiger partial charge in [-0.1, -0.05) is 27.2 Å². The van der Waals surface area contributed by atoms with Gasteiger partial charge in [-0.15, -0.1) is 0 Å². The highest BCUT2D eigenvalue weighted by Gasteiger charge is 2.38. The highest BCUT2D eigenvalue weighted by Crippen LogP contribution is 2.38. The molecule has 1 amide bonds. The summed E-state index contributed by atoms with van der Waals surface area (Å²) in [6.07, 6.45) is 11.4. The van der Waals surface area contributed by atoms with E-state index in [0.29, 0.717) is 36.3 Å². The number of hydrogen-bond donors (Lipinski definition) is 2. The Morgan fingerprint density at radius 3 is 2.43 bits per heavy atom. The van der Waals surface area contributed by atoms with Gasteiger partial charge in [-0.3, -0.25) is 0 Å². The van der Waals surface area contributed by atoms with Gasteiger partial charge in [-0.2, -0.15) is 4.98 Å². The maximum absolute atomic E-state index is 12.4. The van der Waals surface area contributed by atoms with E-state index >= 15 is 0 Å². The molecule has 35 heavy (non-hydrogen) atoms. The minimum absolute atomic E-state index is 0.167. The van der Waals surface area contributed by atoms with E-state index in [9.17, 15) is 9.90 Å². The van der Waals surface area contributed by atoms with Gasteiger partial charge in [0.15, 0.2) is 0 Å². The van der Waals surface area contributed by atoms with Crippen LogP contribution in [-0.2, 0) is 12.8 Å². The third kappa shape index (κ3) is 6.21. The Hall–Kier alpha value is -2.05. The SMILES string of the molecule is CC(C)[C@@H]1CC[C@@H](C)CC1N(CC1CCC(Nc2nc3c(c(N(C)C)n2)CCCC3)CC1)C(=O)O. The van der Waals surface area contributed by atoms with E-state index in [1.807, 2.05) is 4.90 Å². The molecule has 7 heteroatoms. The molecule has 1 unspecified atom stereocenters. The van der Waals surface area contributed by atoms with Crippen molar-refractivity contribution in [3.63, 3.8) is 0 Å². The minimum atomic E-state index is -0.728. The zero-order valence-corrected chi connectivity index (χ0v) is 22.6. The minimum Gasteiger partial charge on any atom is -0.465 e. The number of hydrogen-bond acceptors (Lipinski definition) is 5. The van der Waals surface area contributed by atoms with Crippen LogP contribution in [0.2, 0.25) is 0 Å². The normalized spacial score (nSPS) is 28.9. The molecule has 2 fully saturated rings. The van der Waals surface area contributed by atoms with Crippen molar-refractivity contribution in [3.8, 4) is 0 Å². The van der Waals surface area contributed by atoms with Crippen LogP contribution in [0.5, 0.6) is 0 Å². The smallest absolute Gasteiger partial charge is 0.407 e. The molecule has 3 aliphatic carbocycles. The molecule has 0 radical (unpaired) electrons. The van der Waals surface area contributed by atoms with E-state index in [-0.39, 0.29) is 6.04 Å². The molecule has 0 aromatic carbocycles. The molecular weight excluding hydrogens is 438 g/mol. The van der Waals surface area contributed by atoms with Gasteiger partial charge in [0.2, 0.25) is 5.95 Å². The van der Waals surface area contributed by atoms with Crippen molar-refractivity contribution in [2.75, 3.05) is 30.9 Å². The summed E-state index contributed by atoms with van der Waals surface area (Å²) in [5.41, 5.74) is 2.53. The van der Waals surface area contributed by atoms with Gasteiger partial charge in [0.25, 0.3) is 0 Å². The predicted octanol–water partition coefficient (Wildman–Crippen LogP) is 5.83. The third-order valence-corrected chi connectivity index (χ3v) is 8.85. The number of amides is 1. The fourth-order valence-electron chi connectivity index (χ4n) is 6.82. The number of aromatic nitrogens is 2. The van der Waals surface area contributed by atoms with Crippen molar-refractivity contribution in [2.24, 2.45) is 23.7 Å². The second-order valence-corrected chi connectivity index (χ2v) is 12.1. The van der Waals surface area contributed by atoms with Crippen molar-refractivity contribution in [1.82, 2.24) is 14.9 Å². The number of aryl methyl sites for hydroxylation is 1. The molecule has 0 saturated heterocycles. The Morgan fingerprint density at radius 1 is 1.06 bits per heavy atom. The summed E-state index contributed by atoms with van der Waals surface area (Å²) >= 11 is 0. The van der Waals surface area contributed by atoms with Crippen LogP contribution in [0, 0.1) is 23.7 Å². The summed E-state index contributed by atoms with van der Waals surface area (Å²) in [5, 5.41) is 13.8. The molecule has 2 N–H and O–H groups in total. The van der Waals surface area contributed by atoms with Crippen molar-refractivity contribution >= 4 is 17.9 Å². The zero-order chi connectivity index (χ0) is 25.1. The second kappa shape index (κ2) is 11.3. The Morgan fingerprint density at radius 2 is 1.77 bits per heavy atom. The molecule has 0 spiro atoms. The van der Waals surface area contributed by atoms with Crippen molar-refractivity contribution in [1.29, 1.82) is 0 Å². The number of carboxylic acid groups (broad SMARTS) is 1. The van der Waals surface area contributed by atoms with Crippen LogP contribution in [0.1, 0.15) is 89.8 Å². The summed E-state index contributed by atoms with van der Waals surface area (Å²) in [4.78, 5) is 26.1. The fourth-order valence-corrected chi connectivity index (χ4v) is 6.82. The van der Waals surface area contributed by atoms with Crippen LogP contribution in [0.4, 0.5) is 16.6 Å². The Balaban J connectivity index is 1.37. The van der Waals surface area contributed by atoms with E-state index in [0.717, 1.165) is 63.1 Å². The average molecular weight is 486 g/mol. The van der Waals surface area contributed by atoms with Gasteiger partial charge in [0.05, 0.1) is 5.69 Å². The number of carbonyl (C=O) groups is 1. The topological polar surface area (TPSA) is 81.6 Å². The first-order chi connectivity index (χ1) is 16.7. The van der Waals surface area contributed by atoms with E-state index in [4.69, 9.17) is 9.97 Å². The molecule has 0 bridgehead atoms. The third-order valence-electron chi connectivity index (χ3n) is 8.85. The summed E-state index contributed by atoms with van der Waals surface area (Å²) < 4.78 is 0. The molecule has 3 atom stereocenters. The van der Waals surface area contributed by atoms with Gasteiger partial charge in [-0.25, -0.2) is 9.78 Å². The molecule has 4 rings (SSSR count). The lowest BCUT2D eigenvalue weighted by atomic mass is 9.73. The van der Waals surface area contributed by atoms with Crippen LogP contribution in [0.15, 0.2) is 0 Å². The molecule has 0 aliphatic heterocycles. The molecule has 7 nitrogen and oxygen atoms in total. The van der Waals surface area contributed by atoms with Gasteiger partial charge in [-0.05, 0) is 87.9 Å². The highest BCUT2D eigenvalue weighted by atomic mass is 16.4. The standard InChI is InChI=1S/C28H47N5O2/c1-18(2)22-15-10-19(3)16-25(22)33(28(34)35)17-20-11-13-21(14-12-20)29-27-30-24-9-7-6-8-23(24)26(31-27)32(4)5/h18-22,25H,6-17H2,1-5H3,(H,34,35)(H,29,30,31)/t19-,20?,21?,22+,25?/m1/s1. The first-order valence-corrected chi connectivity index (χ1v) is 14.1. The Bertz CT molecular complexity index is 865. The molecule has 2 saturated carbocycles. The lowest BCUT2D eigenvalue weighted by Crippen LogP contribution is -2.50. The number of anilines is 2. The van der Waals surface area contributed by atoms with E-state index in [1.165, 1.54) is 30.5 Å². The van der Waals surface area contributed by atoms with Crippen molar-refractivity contribution < 1.29 is 9.90 Å². The zero-order valence-electron chi connectivity index (χ0n) is 22.6. The van der Waals surface area contributed by atoms with Crippen LogP contribution in [-0.4, -0.2) is 58.8 Å². The molecule has 1 aromatic heterocycles. The molecule has 1 aromatic rings. The molecule has 196 valence electrons. The van der Waals surface area contributed by atoms with Gasteiger partial charge in [0.1, 0.15) is 5.82 Å². The first-order valence-electron chi connectivity index (χ1n) is 14.1. The van der Waals surface area contributed by atoms with Crippen LogP contribution in [0.3, 0.4) is 0 Å². The average Bonchev–Trinajstić information content (AvgIpc) is 2.82. The van der Waals surface area contributed by atoms with Crippen molar-refractivity contribution in [3.05, 3.63) is 11.3 Å². The maximum Gasteiger partial charge on any atom is 0.407 e. The van der Waals surface area contributed by atoms with Crippen LogP contribution in [0.25, 0.3) is 0 Å². The van der Waals surface area contributed by atoms with Crippen LogP contribution >= 0.6 is 0 Å². The Labute approximate surface area is 212 Å². The quantitative estimate of drug-likeness (QED) is 0.505. The Kier molecular flexibility index (Phi) is 8.43. The first kappa shape index (κ1) is 26.0. The lowest BCUT2D eigenvalue weighted by Gasteiger charge is -2.44. The lowest BCUT2D eigenvalue weighted by molar-refractivity contribution is 0.0440. The van der Waals surface area contributed by atoms with Gasteiger partial charge in [0, 0.05) is 38.3 Å². The summed E-state index contributed by atoms with van der Waals surface area (Å²) in [7, 11) is 4.13. The highest BCUT2D eigenvalue weighted by molar-refractivity contribution is 5.65. The predicted molar refractivity (Wildman–Crippen MR) is 142 cm³/mol. The van der Waals surface area contributed by atoms with Crippen molar-refractivity contribution in [2.45, 2.75) is 103 Å². The summed E-state index contributed by atoms with van der Waals surface area (Å²) in [6, 6.07) is 0.528. The van der Waals surface area contributed by atoms with Gasteiger partial charge < -0.3 is 20.2 Å². The summed E-state index contributed by atoms with van der Waals surface area (Å²) in [5.74, 6) is 3.88. The number of fused-ring (bicyclic) bond motifs is 1. The molecule has 1 heterocycles. The van der Waals surface area contributed by atoms with E-state index < -0.39 is 6.09 Å². The molecule has 3 aliphatic rings. The monoisotopic (exact) mass is 485 g/mol. The fraction of sp³-hybridized carbons (Fsp3) is 0.821. The number of rotatable bonds is 7. The number of nitrogens with zero attached hydrogens (tertiary/aromatic N) is 4. The second-order valence-electron chi connectivity index (χ2n) is 12.1. The molecular formula is C28H47N5O2. The van der Waals surface area contributed by atoms with Crippen LogP contribution < -0.4 is 10.2 Å². The van der Waals surface area contributed by atoms with E-state index in [1.54, 1.807) is 0 Å². The summed E-state index contributed by atoms with van der Waals surface area (Å²) in [6.45, 7) is 7.48. The van der Waals surface area contributed by atoms with E-state index in [2.05, 4.69) is 45.1 Å². The largest absolute Gasteiger partial charge is 0.465 e.